The van der Waals surface area contributed by atoms with E-state index in [1.807, 2.05) is 12.1 Å². The second kappa shape index (κ2) is 5.28. The number of phenols is 1. The lowest BCUT2D eigenvalue weighted by atomic mass is 9.76. The van der Waals surface area contributed by atoms with Crippen molar-refractivity contribution in [2.75, 3.05) is 13.7 Å². The lowest BCUT2D eigenvalue weighted by molar-refractivity contribution is 0.369. The fourth-order valence-electron chi connectivity index (χ4n) is 3.39. The van der Waals surface area contributed by atoms with E-state index in [2.05, 4.69) is 20.8 Å². The number of rotatable bonds is 3. The second-order valence-electron chi connectivity index (χ2n) is 7.01. The first-order valence-electron chi connectivity index (χ1n) is 7.46. The highest BCUT2D eigenvalue weighted by atomic mass is 16.5. The molecule has 0 amide bonds. The van der Waals surface area contributed by atoms with Gasteiger partial charge in [0.2, 0.25) is 0 Å². The molecular weight excluding hydrogens is 250 g/mol. The van der Waals surface area contributed by atoms with E-state index in [1.165, 1.54) is 12.8 Å². The summed E-state index contributed by atoms with van der Waals surface area (Å²) in [5.41, 5.74) is 7.92. The van der Waals surface area contributed by atoms with Gasteiger partial charge in [0.05, 0.1) is 7.11 Å². The lowest BCUT2D eigenvalue weighted by Gasteiger charge is -2.31. The molecule has 0 aliphatic heterocycles. The highest BCUT2D eigenvalue weighted by Gasteiger charge is 2.37. The number of benzene rings is 1. The highest BCUT2D eigenvalue weighted by Crippen LogP contribution is 2.47. The van der Waals surface area contributed by atoms with Gasteiger partial charge in [-0.3, -0.25) is 0 Å². The summed E-state index contributed by atoms with van der Waals surface area (Å²) in [7, 11) is 1.70. The monoisotopic (exact) mass is 277 g/mol. The number of ether oxygens (including phenoxy) is 1. The van der Waals surface area contributed by atoms with E-state index in [4.69, 9.17) is 10.5 Å². The molecule has 0 heterocycles. The Labute approximate surface area is 122 Å². The molecule has 1 aromatic rings. The van der Waals surface area contributed by atoms with Crippen LogP contribution in [0.25, 0.3) is 0 Å². The van der Waals surface area contributed by atoms with Crippen molar-refractivity contribution in [1.82, 2.24) is 0 Å². The average Bonchev–Trinajstić information content (AvgIpc) is 2.86. The van der Waals surface area contributed by atoms with Crippen molar-refractivity contribution in [3.8, 4) is 11.5 Å². The molecule has 112 valence electrons. The van der Waals surface area contributed by atoms with Gasteiger partial charge >= 0.3 is 0 Å². The largest absolute Gasteiger partial charge is 0.508 e. The van der Waals surface area contributed by atoms with Crippen LogP contribution in [0, 0.1) is 0 Å². The van der Waals surface area contributed by atoms with Crippen molar-refractivity contribution >= 4 is 0 Å². The van der Waals surface area contributed by atoms with Crippen LogP contribution >= 0.6 is 0 Å². The normalized spacial score (nSPS) is 18.2. The Morgan fingerprint density at radius 1 is 1.25 bits per heavy atom. The molecule has 1 fully saturated rings. The van der Waals surface area contributed by atoms with Gasteiger partial charge < -0.3 is 15.6 Å². The van der Waals surface area contributed by atoms with E-state index in [-0.39, 0.29) is 10.8 Å². The minimum absolute atomic E-state index is 0.0285. The maximum atomic E-state index is 10.4. The Morgan fingerprint density at radius 3 is 2.30 bits per heavy atom. The molecule has 0 atom stereocenters. The van der Waals surface area contributed by atoms with Crippen LogP contribution in [-0.2, 0) is 10.8 Å². The molecule has 0 aromatic heterocycles. The number of nitrogens with two attached hydrogens (primary N) is 1. The summed E-state index contributed by atoms with van der Waals surface area (Å²) in [5, 5.41) is 10.4. The van der Waals surface area contributed by atoms with Gasteiger partial charge in [-0.1, -0.05) is 33.6 Å². The standard InChI is InChI=1S/C17H27NO2/c1-16(2,3)12-10-15(20-4)13(9-14(12)19)17(11-18)7-5-6-8-17/h9-10,19H,5-8,11,18H2,1-4H3. The predicted molar refractivity (Wildman–Crippen MR) is 82.6 cm³/mol. The van der Waals surface area contributed by atoms with Crippen molar-refractivity contribution in [2.24, 2.45) is 5.73 Å². The first kappa shape index (κ1) is 15.2. The summed E-state index contributed by atoms with van der Waals surface area (Å²) in [6.45, 7) is 6.89. The SMILES string of the molecule is COc1cc(C(C)(C)C)c(O)cc1C1(CN)CCCC1. The van der Waals surface area contributed by atoms with E-state index >= 15 is 0 Å². The smallest absolute Gasteiger partial charge is 0.123 e. The Balaban J connectivity index is 2.57. The van der Waals surface area contributed by atoms with Crippen LogP contribution in [0.15, 0.2) is 12.1 Å². The Morgan fingerprint density at radius 2 is 1.85 bits per heavy atom. The molecule has 3 heteroatoms. The third-order valence-corrected chi connectivity index (χ3v) is 4.65. The zero-order valence-electron chi connectivity index (χ0n) is 13.1. The molecule has 20 heavy (non-hydrogen) atoms. The van der Waals surface area contributed by atoms with Gasteiger partial charge in [0.25, 0.3) is 0 Å². The Bertz CT molecular complexity index is 482. The van der Waals surface area contributed by atoms with Gasteiger partial charge in [-0.05, 0) is 30.4 Å². The summed E-state index contributed by atoms with van der Waals surface area (Å²) in [6, 6.07) is 3.87. The summed E-state index contributed by atoms with van der Waals surface area (Å²) >= 11 is 0. The molecule has 3 nitrogen and oxygen atoms in total. The summed E-state index contributed by atoms with van der Waals surface area (Å²) < 4.78 is 5.61. The van der Waals surface area contributed by atoms with Gasteiger partial charge in [-0.25, -0.2) is 0 Å². The van der Waals surface area contributed by atoms with Crippen molar-refractivity contribution in [3.05, 3.63) is 23.3 Å². The quantitative estimate of drug-likeness (QED) is 0.889. The molecule has 1 aliphatic rings. The van der Waals surface area contributed by atoms with Crippen LogP contribution in [0.3, 0.4) is 0 Å². The van der Waals surface area contributed by atoms with Crippen LogP contribution in [0.5, 0.6) is 11.5 Å². The van der Waals surface area contributed by atoms with E-state index in [0.29, 0.717) is 12.3 Å². The van der Waals surface area contributed by atoms with Crippen molar-refractivity contribution in [3.63, 3.8) is 0 Å². The van der Waals surface area contributed by atoms with Gasteiger partial charge in [-0.15, -0.1) is 0 Å². The summed E-state index contributed by atoms with van der Waals surface area (Å²) in [4.78, 5) is 0. The zero-order valence-corrected chi connectivity index (χ0v) is 13.1. The molecular formula is C17H27NO2. The summed E-state index contributed by atoms with van der Waals surface area (Å²) in [6.07, 6.45) is 4.55. The first-order valence-corrected chi connectivity index (χ1v) is 7.46. The van der Waals surface area contributed by atoms with Crippen LogP contribution in [-0.4, -0.2) is 18.8 Å². The molecule has 1 aliphatic carbocycles. The second-order valence-corrected chi connectivity index (χ2v) is 7.01. The van der Waals surface area contributed by atoms with Gasteiger partial charge in [0, 0.05) is 23.1 Å². The predicted octanol–water partition coefficient (Wildman–Crippen LogP) is 3.47. The molecule has 0 unspecified atom stereocenters. The average molecular weight is 277 g/mol. The minimum atomic E-state index is -0.110. The molecule has 2 rings (SSSR count). The number of hydrogen-bond donors (Lipinski definition) is 2. The van der Waals surface area contributed by atoms with E-state index < -0.39 is 0 Å². The van der Waals surface area contributed by atoms with Crippen LogP contribution in [0.1, 0.15) is 57.6 Å². The van der Waals surface area contributed by atoms with Crippen molar-refractivity contribution in [2.45, 2.75) is 57.3 Å². The minimum Gasteiger partial charge on any atom is -0.508 e. The lowest BCUT2D eigenvalue weighted by Crippen LogP contribution is -2.32. The molecule has 1 aromatic carbocycles. The Kier molecular flexibility index (Phi) is 4.01. The molecule has 3 N–H and O–H groups in total. The van der Waals surface area contributed by atoms with Crippen LogP contribution in [0.2, 0.25) is 0 Å². The maximum absolute atomic E-state index is 10.4. The molecule has 0 bridgehead atoms. The zero-order chi connectivity index (χ0) is 15.0. The van der Waals surface area contributed by atoms with E-state index in [9.17, 15) is 5.11 Å². The summed E-state index contributed by atoms with van der Waals surface area (Å²) in [5.74, 6) is 1.22. The van der Waals surface area contributed by atoms with Crippen LogP contribution < -0.4 is 10.5 Å². The fraction of sp³-hybridized carbons (Fsp3) is 0.647. The van der Waals surface area contributed by atoms with E-state index in [1.54, 1.807) is 7.11 Å². The highest BCUT2D eigenvalue weighted by molar-refractivity contribution is 5.52. The van der Waals surface area contributed by atoms with Crippen LogP contribution in [0.4, 0.5) is 0 Å². The maximum Gasteiger partial charge on any atom is 0.123 e. The van der Waals surface area contributed by atoms with E-state index in [0.717, 1.165) is 29.7 Å². The van der Waals surface area contributed by atoms with Crippen molar-refractivity contribution in [1.29, 1.82) is 0 Å². The number of aromatic hydroxyl groups is 1. The van der Waals surface area contributed by atoms with Crippen molar-refractivity contribution < 1.29 is 9.84 Å². The van der Waals surface area contributed by atoms with Gasteiger partial charge in [0.15, 0.2) is 0 Å². The molecule has 0 spiro atoms. The first-order chi connectivity index (χ1) is 9.34. The van der Waals surface area contributed by atoms with Gasteiger partial charge in [0.1, 0.15) is 11.5 Å². The molecule has 0 radical (unpaired) electrons. The molecule has 1 saturated carbocycles. The fourth-order valence-corrected chi connectivity index (χ4v) is 3.39. The number of methoxy groups -OCH3 is 1. The topological polar surface area (TPSA) is 55.5 Å². The third kappa shape index (κ3) is 2.51. The Hall–Kier alpha value is -1.22. The number of hydrogen-bond acceptors (Lipinski definition) is 3. The van der Waals surface area contributed by atoms with Gasteiger partial charge in [-0.2, -0.15) is 0 Å². The third-order valence-electron chi connectivity index (χ3n) is 4.65. The molecule has 0 saturated heterocycles. The number of phenolic OH excluding ortho intramolecular Hbond substituents is 1.